The van der Waals surface area contributed by atoms with Crippen LogP contribution in [0.2, 0.25) is 5.02 Å². The second-order valence-corrected chi connectivity index (χ2v) is 5.91. The highest BCUT2D eigenvalue weighted by Gasteiger charge is 2.24. The van der Waals surface area contributed by atoms with Crippen molar-refractivity contribution >= 4 is 11.6 Å². The first-order valence-corrected chi connectivity index (χ1v) is 7.54. The second-order valence-electron chi connectivity index (χ2n) is 5.50. The molecule has 21 heavy (non-hydrogen) atoms. The number of rotatable bonds is 5. The molecule has 2 aromatic carbocycles. The van der Waals surface area contributed by atoms with E-state index in [1.54, 1.807) is 0 Å². The Morgan fingerprint density at radius 2 is 1.95 bits per heavy atom. The molecule has 1 aliphatic carbocycles. The Balaban J connectivity index is 1.89. The highest BCUT2D eigenvalue weighted by atomic mass is 35.5. The van der Waals surface area contributed by atoms with Crippen molar-refractivity contribution in [3.63, 3.8) is 0 Å². The van der Waals surface area contributed by atoms with E-state index >= 15 is 0 Å². The fourth-order valence-electron chi connectivity index (χ4n) is 2.38. The van der Waals surface area contributed by atoms with Crippen molar-refractivity contribution in [2.24, 2.45) is 5.84 Å². The summed E-state index contributed by atoms with van der Waals surface area (Å²) in [4.78, 5) is 0. The molecule has 3 nitrogen and oxygen atoms in total. The molecule has 3 N–H and O–H groups in total. The van der Waals surface area contributed by atoms with Crippen LogP contribution in [0.15, 0.2) is 42.5 Å². The fraction of sp³-hybridized carbons (Fsp3) is 0.294. The maximum atomic E-state index is 6.09. The molecule has 0 amide bonds. The molecular formula is C17H19ClN2O. The number of benzene rings is 2. The van der Waals surface area contributed by atoms with Crippen molar-refractivity contribution < 1.29 is 4.74 Å². The summed E-state index contributed by atoms with van der Waals surface area (Å²) in [5.74, 6) is 6.67. The summed E-state index contributed by atoms with van der Waals surface area (Å²) in [6, 6.07) is 14.0. The van der Waals surface area contributed by atoms with Crippen molar-refractivity contribution in [1.82, 2.24) is 5.43 Å². The highest BCUT2D eigenvalue weighted by molar-refractivity contribution is 6.31. The lowest BCUT2D eigenvalue weighted by Crippen LogP contribution is -2.28. The zero-order valence-electron chi connectivity index (χ0n) is 12.0. The van der Waals surface area contributed by atoms with E-state index in [0.717, 1.165) is 40.3 Å². The van der Waals surface area contributed by atoms with Gasteiger partial charge in [-0.2, -0.15) is 0 Å². The first kappa shape index (κ1) is 14.4. The van der Waals surface area contributed by atoms with E-state index in [2.05, 4.69) is 11.5 Å². The molecule has 110 valence electrons. The topological polar surface area (TPSA) is 47.3 Å². The van der Waals surface area contributed by atoms with Gasteiger partial charge in [-0.1, -0.05) is 35.9 Å². The smallest absolute Gasteiger partial charge is 0.120 e. The lowest BCUT2D eigenvalue weighted by molar-refractivity contribution is 0.302. The molecule has 0 aliphatic heterocycles. The van der Waals surface area contributed by atoms with E-state index in [-0.39, 0.29) is 6.04 Å². The van der Waals surface area contributed by atoms with E-state index in [1.807, 2.05) is 43.3 Å². The summed E-state index contributed by atoms with van der Waals surface area (Å²) in [6.07, 6.45) is 2.69. The molecule has 1 saturated carbocycles. The maximum Gasteiger partial charge on any atom is 0.120 e. The molecule has 0 heterocycles. The van der Waals surface area contributed by atoms with Crippen molar-refractivity contribution in [3.8, 4) is 5.75 Å². The van der Waals surface area contributed by atoms with Gasteiger partial charge in [0.25, 0.3) is 0 Å². The third kappa shape index (κ3) is 3.38. The third-order valence-electron chi connectivity index (χ3n) is 3.70. The maximum absolute atomic E-state index is 6.09. The van der Waals surface area contributed by atoms with Crippen LogP contribution in [0, 0.1) is 6.92 Å². The van der Waals surface area contributed by atoms with Crippen LogP contribution in [0.4, 0.5) is 0 Å². The van der Waals surface area contributed by atoms with Gasteiger partial charge in [-0.15, -0.1) is 0 Å². The van der Waals surface area contributed by atoms with Crippen molar-refractivity contribution in [3.05, 3.63) is 64.2 Å². The molecule has 1 aliphatic rings. The molecular weight excluding hydrogens is 284 g/mol. The Hall–Kier alpha value is -1.55. The van der Waals surface area contributed by atoms with Gasteiger partial charge in [0.05, 0.1) is 12.1 Å². The minimum atomic E-state index is -0.0799. The standard InChI is InChI=1S/C17H19ClN2O/c1-11-9-13(5-8-16(11)18)17(20-19)12-3-2-4-15(10-12)21-14-6-7-14/h2-5,8-10,14,17,20H,6-7,19H2,1H3. The Bertz CT molecular complexity index is 640. The molecule has 0 radical (unpaired) electrons. The zero-order chi connectivity index (χ0) is 14.8. The van der Waals surface area contributed by atoms with Gasteiger partial charge in [0.2, 0.25) is 0 Å². The van der Waals surface area contributed by atoms with Crippen LogP contribution in [0.3, 0.4) is 0 Å². The predicted molar refractivity (Wildman–Crippen MR) is 85.4 cm³/mol. The summed E-state index contributed by atoms with van der Waals surface area (Å²) in [7, 11) is 0. The molecule has 1 atom stereocenters. The number of halogens is 1. The average molecular weight is 303 g/mol. The summed E-state index contributed by atoms with van der Waals surface area (Å²) in [6.45, 7) is 1.99. The minimum Gasteiger partial charge on any atom is -0.490 e. The molecule has 0 saturated heterocycles. The van der Waals surface area contributed by atoms with E-state index in [0.29, 0.717) is 6.10 Å². The summed E-state index contributed by atoms with van der Waals surface area (Å²) in [5, 5.41) is 0.764. The van der Waals surface area contributed by atoms with Gasteiger partial charge in [0, 0.05) is 5.02 Å². The van der Waals surface area contributed by atoms with Crippen molar-refractivity contribution in [2.75, 3.05) is 0 Å². The first-order valence-electron chi connectivity index (χ1n) is 7.16. The quantitative estimate of drug-likeness (QED) is 0.653. The molecule has 0 spiro atoms. The van der Waals surface area contributed by atoms with Crippen LogP contribution in [-0.2, 0) is 0 Å². The molecule has 2 aromatic rings. The Morgan fingerprint density at radius 3 is 2.62 bits per heavy atom. The van der Waals surface area contributed by atoms with Gasteiger partial charge in [-0.05, 0) is 54.7 Å². The van der Waals surface area contributed by atoms with Gasteiger partial charge in [0.1, 0.15) is 5.75 Å². The number of ether oxygens (including phenoxy) is 1. The van der Waals surface area contributed by atoms with E-state index in [9.17, 15) is 0 Å². The lowest BCUT2D eigenvalue weighted by atomic mass is 9.98. The average Bonchev–Trinajstić information content (AvgIpc) is 3.28. The molecule has 1 fully saturated rings. The first-order chi connectivity index (χ1) is 10.2. The van der Waals surface area contributed by atoms with Crippen LogP contribution in [0.5, 0.6) is 5.75 Å². The number of nitrogens with one attached hydrogen (secondary N) is 1. The SMILES string of the molecule is Cc1cc(C(NN)c2cccc(OC3CC3)c2)ccc1Cl. The zero-order valence-corrected chi connectivity index (χ0v) is 12.7. The third-order valence-corrected chi connectivity index (χ3v) is 4.12. The van der Waals surface area contributed by atoms with Gasteiger partial charge >= 0.3 is 0 Å². The molecule has 0 aromatic heterocycles. The van der Waals surface area contributed by atoms with Crippen LogP contribution >= 0.6 is 11.6 Å². The number of hydrazine groups is 1. The highest BCUT2D eigenvalue weighted by Crippen LogP contribution is 2.30. The monoisotopic (exact) mass is 302 g/mol. The van der Waals surface area contributed by atoms with Gasteiger partial charge in [-0.25, -0.2) is 5.43 Å². The van der Waals surface area contributed by atoms with Crippen LogP contribution in [0.1, 0.15) is 35.6 Å². The van der Waals surface area contributed by atoms with Crippen LogP contribution in [-0.4, -0.2) is 6.10 Å². The number of hydrogen-bond donors (Lipinski definition) is 2. The van der Waals surface area contributed by atoms with Gasteiger partial charge in [-0.3, -0.25) is 5.84 Å². The van der Waals surface area contributed by atoms with E-state index < -0.39 is 0 Å². The molecule has 1 unspecified atom stereocenters. The normalized spacial score (nSPS) is 15.8. The Kier molecular flexibility index (Phi) is 4.15. The molecule has 4 heteroatoms. The lowest BCUT2D eigenvalue weighted by Gasteiger charge is -2.18. The van der Waals surface area contributed by atoms with Crippen molar-refractivity contribution in [1.29, 1.82) is 0 Å². The summed E-state index contributed by atoms with van der Waals surface area (Å²) in [5.41, 5.74) is 6.09. The largest absolute Gasteiger partial charge is 0.490 e. The molecule has 3 rings (SSSR count). The van der Waals surface area contributed by atoms with Crippen LogP contribution in [0.25, 0.3) is 0 Å². The Morgan fingerprint density at radius 1 is 1.19 bits per heavy atom. The number of hydrogen-bond acceptors (Lipinski definition) is 3. The predicted octanol–water partition coefficient (Wildman–Crippen LogP) is 3.74. The van der Waals surface area contributed by atoms with Gasteiger partial charge < -0.3 is 4.74 Å². The summed E-state index contributed by atoms with van der Waals surface area (Å²) < 4.78 is 5.85. The Labute approximate surface area is 130 Å². The second kappa shape index (κ2) is 6.06. The van der Waals surface area contributed by atoms with Crippen LogP contribution < -0.4 is 16.0 Å². The minimum absolute atomic E-state index is 0.0799. The number of aryl methyl sites for hydroxylation is 1. The van der Waals surface area contributed by atoms with E-state index in [4.69, 9.17) is 22.2 Å². The summed E-state index contributed by atoms with van der Waals surface area (Å²) >= 11 is 6.09. The van der Waals surface area contributed by atoms with E-state index in [1.165, 1.54) is 0 Å². The number of nitrogens with two attached hydrogens (primary N) is 1. The molecule has 0 bridgehead atoms. The fourth-order valence-corrected chi connectivity index (χ4v) is 2.50. The van der Waals surface area contributed by atoms with Crippen molar-refractivity contribution in [2.45, 2.75) is 31.9 Å². The van der Waals surface area contributed by atoms with Gasteiger partial charge in [0.15, 0.2) is 0 Å².